The standard InChI is InChI=1S/C27H30Cl2F4N2O3S/c1-18-17-34(13-14-35(18)39(3,37)38)12-11-26(2,20-8-9-22(28)23(29)16-20)25(36)6-4-5-19-7-10-24(30)21(15-19)27(31,32)33/h4,6-10,15-16,18H,5,11-14,17H2,1-3H3/b6-4+/t18-,26?/m1/s1. The summed E-state index contributed by atoms with van der Waals surface area (Å²) in [5.74, 6) is -1.65. The van der Waals surface area contributed by atoms with Crippen LogP contribution in [0.15, 0.2) is 48.6 Å². The third kappa shape index (κ3) is 7.82. The van der Waals surface area contributed by atoms with Crippen molar-refractivity contribution in [1.82, 2.24) is 9.21 Å². The molecule has 0 saturated carbocycles. The van der Waals surface area contributed by atoms with Gasteiger partial charge < -0.3 is 4.90 Å². The topological polar surface area (TPSA) is 57.7 Å². The van der Waals surface area contributed by atoms with Crippen LogP contribution >= 0.6 is 23.2 Å². The van der Waals surface area contributed by atoms with Crippen molar-refractivity contribution in [3.8, 4) is 0 Å². The largest absolute Gasteiger partial charge is 0.419 e. The van der Waals surface area contributed by atoms with E-state index in [1.165, 1.54) is 28.8 Å². The zero-order valence-electron chi connectivity index (χ0n) is 21.7. The van der Waals surface area contributed by atoms with Crippen LogP contribution in [-0.2, 0) is 32.8 Å². The lowest BCUT2D eigenvalue weighted by atomic mass is 9.75. The number of alkyl halides is 3. The number of benzene rings is 2. The van der Waals surface area contributed by atoms with Gasteiger partial charge in [0.05, 0.1) is 27.3 Å². The minimum atomic E-state index is -4.82. The molecule has 0 spiro atoms. The summed E-state index contributed by atoms with van der Waals surface area (Å²) in [5.41, 5.74) is -1.58. The van der Waals surface area contributed by atoms with E-state index in [1.807, 2.05) is 6.92 Å². The van der Waals surface area contributed by atoms with Crippen LogP contribution in [0.2, 0.25) is 10.0 Å². The molecule has 0 bridgehead atoms. The number of hydrogen-bond donors (Lipinski definition) is 0. The fourth-order valence-corrected chi connectivity index (χ4v) is 6.18. The van der Waals surface area contributed by atoms with Crippen LogP contribution in [0.5, 0.6) is 0 Å². The van der Waals surface area contributed by atoms with Gasteiger partial charge in [0.2, 0.25) is 10.0 Å². The SMILES string of the molecule is C[C@@H]1CN(CCC(C)(C(=O)/C=C/Cc2ccc(F)c(C(F)(F)F)c2)c2ccc(Cl)c(Cl)c2)CCN1S(C)(=O)=O. The summed E-state index contributed by atoms with van der Waals surface area (Å²) in [7, 11) is -3.32. The zero-order valence-corrected chi connectivity index (χ0v) is 24.1. The molecule has 1 fully saturated rings. The summed E-state index contributed by atoms with van der Waals surface area (Å²) < 4.78 is 78.2. The van der Waals surface area contributed by atoms with E-state index in [0.29, 0.717) is 43.2 Å². The highest BCUT2D eigenvalue weighted by molar-refractivity contribution is 7.88. The van der Waals surface area contributed by atoms with Crippen molar-refractivity contribution >= 4 is 39.0 Å². The number of halogens is 6. The molecule has 1 aliphatic rings. The van der Waals surface area contributed by atoms with Crippen LogP contribution in [0.25, 0.3) is 0 Å². The molecule has 2 aromatic carbocycles. The highest BCUT2D eigenvalue weighted by Gasteiger charge is 2.36. The molecular formula is C27H30Cl2F4N2O3S. The Labute approximate surface area is 236 Å². The molecule has 1 unspecified atom stereocenters. The normalized spacial score (nSPS) is 19.4. The van der Waals surface area contributed by atoms with Gasteiger partial charge in [-0.3, -0.25) is 4.79 Å². The van der Waals surface area contributed by atoms with Gasteiger partial charge >= 0.3 is 6.18 Å². The summed E-state index contributed by atoms with van der Waals surface area (Å²) in [4.78, 5) is 15.6. The molecule has 3 rings (SSSR count). The second-order valence-corrected chi connectivity index (χ2v) is 12.8. The molecule has 0 amide bonds. The number of nitrogens with zero attached hydrogens (tertiary/aromatic N) is 2. The van der Waals surface area contributed by atoms with Crippen LogP contribution in [0.1, 0.15) is 37.0 Å². The molecule has 12 heteroatoms. The third-order valence-corrected chi connectivity index (χ3v) is 9.20. The molecule has 1 aliphatic heterocycles. The Hall–Kier alpha value is -1.98. The fourth-order valence-electron chi connectivity index (χ4n) is 4.75. The Morgan fingerprint density at radius 1 is 1.10 bits per heavy atom. The van der Waals surface area contributed by atoms with Gasteiger partial charge in [0.15, 0.2) is 5.78 Å². The molecule has 39 heavy (non-hydrogen) atoms. The number of sulfonamides is 1. The predicted molar refractivity (Wildman–Crippen MR) is 145 cm³/mol. The average molecular weight is 610 g/mol. The Morgan fingerprint density at radius 2 is 1.79 bits per heavy atom. The number of ketones is 1. The van der Waals surface area contributed by atoms with Crippen molar-refractivity contribution in [2.45, 2.75) is 44.3 Å². The molecule has 0 aliphatic carbocycles. The summed E-state index contributed by atoms with van der Waals surface area (Å²) in [5, 5.41) is 0.604. The summed E-state index contributed by atoms with van der Waals surface area (Å²) in [6, 6.07) is 7.44. The quantitative estimate of drug-likeness (QED) is 0.254. The minimum Gasteiger partial charge on any atom is -0.300 e. The van der Waals surface area contributed by atoms with Crippen molar-refractivity contribution in [3.63, 3.8) is 0 Å². The predicted octanol–water partition coefficient (Wildman–Crippen LogP) is 6.13. The van der Waals surface area contributed by atoms with Crippen molar-refractivity contribution in [2.75, 3.05) is 32.4 Å². The molecule has 0 aromatic heterocycles. The zero-order chi connectivity index (χ0) is 29.2. The number of rotatable bonds is 9. The molecule has 5 nitrogen and oxygen atoms in total. The Morgan fingerprint density at radius 3 is 2.38 bits per heavy atom. The van der Waals surface area contributed by atoms with Crippen LogP contribution in [0.3, 0.4) is 0 Å². The maximum absolute atomic E-state index is 13.6. The maximum atomic E-state index is 13.6. The molecule has 0 radical (unpaired) electrons. The van der Waals surface area contributed by atoms with Gasteiger partial charge in [0, 0.05) is 25.7 Å². The number of carbonyl (C=O) groups excluding carboxylic acids is 1. The Bertz CT molecular complexity index is 1350. The first-order valence-electron chi connectivity index (χ1n) is 12.2. The minimum absolute atomic E-state index is 0.00246. The monoisotopic (exact) mass is 608 g/mol. The van der Waals surface area contributed by atoms with Crippen molar-refractivity contribution < 1.29 is 30.8 Å². The van der Waals surface area contributed by atoms with Crippen LogP contribution in [-0.4, -0.2) is 61.9 Å². The molecule has 214 valence electrons. The number of hydrogen-bond acceptors (Lipinski definition) is 4. The van der Waals surface area contributed by atoms with E-state index in [4.69, 9.17) is 23.2 Å². The molecule has 2 atom stereocenters. The van der Waals surface area contributed by atoms with Gasteiger partial charge in [0.25, 0.3) is 0 Å². The third-order valence-electron chi connectivity index (χ3n) is 7.06. The van der Waals surface area contributed by atoms with Crippen molar-refractivity contribution in [3.05, 3.63) is 81.1 Å². The van der Waals surface area contributed by atoms with E-state index >= 15 is 0 Å². The van der Waals surface area contributed by atoms with Crippen molar-refractivity contribution in [1.29, 1.82) is 0 Å². The Balaban J connectivity index is 1.80. The van der Waals surface area contributed by atoms with E-state index in [-0.39, 0.29) is 28.8 Å². The fraction of sp³-hybridized carbons (Fsp3) is 0.444. The van der Waals surface area contributed by atoms with Gasteiger partial charge in [-0.05, 0) is 74.7 Å². The summed E-state index contributed by atoms with van der Waals surface area (Å²) >= 11 is 12.3. The molecule has 1 heterocycles. The first-order valence-corrected chi connectivity index (χ1v) is 14.8. The molecule has 0 N–H and O–H groups in total. The highest BCUT2D eigenvalue weighted by Crippen LogP contribution is 2.35. The van der Waals surface area contributed by atoms with E-state index in [1.54, 1.807) is 25.1 Å². The summed E-state index contributed by atoms with van der Waals surface area (Å²) in [6.07, 6.45) is -0.494. The number of allylic oxidation sites excluding steroid dienone is 2. The highest BCUT2D eigenvalue weighted by atomic mass is 35.5. The lowest BCUT2D eigenvalue weighted by Crippen LogP contribution is -2.54. The first-order chi connectivity index (χ1) is 18.0. The average Bonchev–Trinajstić information content (AvgIpc) is 2.83. The van der Waals surface area contributed by atoms with Gasteiger partial charge in [-0.25, -0.2) is 12.8 Å². The second-order valence-electron chi connectivity index (χ2n) is 10.0. The first kappa shape index (κ1) is 31.5. The second kappa shape index (κ2) is 12.3. The van der Waals surface area contributed by atoms with Gasteiger partial charge in [0.1, 0.15) is 5.82 Å². The number of carbonyl (C=O) groups is 1. The van der Waals surface area contributed by atoms with E-state index in [9.17, 15) is 30.8 Å². The van der Waals surface area contributed by atoms with Crippen LogP contribution < -0.4 is 0 Å². The van der Waals surface area contributed by atoms with Crippen LogP contribution in [0.4, 0.5) is 17.6 Å². The molecular weight excluding hydrogens is 579 g/mol. The maximum Gasteiger partial charge on any atom is 0.419 e. The molecule has 1 saturated heterocycles. The van der Waals surface area contributed by atoms with Gasteiger partial charge in [-0.15, -0.1) is 0 Å². The van der Waals surface area contributed by atoms with Gasteiger partial charge in [-0.2, -0.15) is 17.5 Å². The lowest BCUT2D eigenvalue weighted by molar-refractivity contribution is -0.140. The lowest BCUT2D eigenvalue weighted by Gasteiger charge is -2.39. The number of piperazine rings is 1. The van der Waals surface area contributed by atoms with E-state index < -0.39 is 33.0 Å². The van der Waals surface area contributed by atoms with Gasteiger partial charge in [-0.1, -0.05) is 41.4 Å². The van der Waals surface area contributed by atoms with Crippen LogP contribution in [0, 0.1) is 5.82 Å². The molecule has 2 aromatic rings. The summed E-state index contributed by atoms with van der Waals surface area (Å²) in [6.45, 7) is 5.43. The smallest absolute Gasteiger partial charge is 0.300 e. The van der Waals surface area contributed by atoms with Crippen molar-refractivity contribution in [2.24, 2.45) is 0 Å². The Kier molecular flexibility index (Phi) is 9.92. The van der Waals surface area contributed by atoms with E-state index in [2.05, 4.69) is 4.90 Å². The van der Waals surface area contributed by atoms with E-state index in [0.717, 1.165) is 12.1 Å².